The van der Waals surface area contributed by atoms with E-state index in [0.717, 1.165) is 39.3 Å². The number of nitrogens with zero attached hydrogens (tertiary/aromatic N) is 3. The Morgan fingerprint density at radius 3 is 2.40 bits per heavy atom. The van der Waals surface area contributed by atoms with E-state index in [0.29, 0.717) is 11.8 Å². The van der Waals surface area contributed by atoms with Crippen molar-refractivity contribution in [2.24, 2.45) is 5.41 Å². The van der Waals surface area contributed by atoms with E-state index < -0.39 is 0 Å². The summed E-state index contributed by atoms with van der Waals surface area (Å²) in [7, 11) is 3.66. The van der Waals surface area contributed by atoms with Crippen molar-refractivity contribution in [2.75, 3.05) is 66.5 Å². The molecule has 0 radical (unpaired) electrons. The summed E-state index contributed by atoms with van der Waals surface area (Å²) < 4.78 is 0. The predicted octanol–water partition coefficient (Wildman–Crippen LogP) is 0.0819. The Morgan fingerprint density at radius 1 is 1.20 bits per heavy atom. The lowest BCUT2D eigenvalue weighted by Crippen LogP contribution is -2.50. The molecule has 2 saturated heterocycles. The molecule has 0 saturated carbocycles. The molecular formula is C15H30N4O. The lowest BCUT2D eigenvalue weighted by molar-refractivity contribution is -0.129. The standard InChI is InChI=1S/C15H30N4O/c1-15(5-6-16-12-15)13-19-10-8-18(9-11-19)7-4-14(20)17(2)3/h16H,4-13H2,1-3H3. The molecule has 20 heavy (non-hydrogen) atoms. The maximum atomic E-state index is 11.6. The average Bonchev–Trinajstić information content (AvgIpc) is 2.84. The van der Waals surface area contributed by atoms with Crippen molar-refractivity contribution in [1.82, 2.24) is 20.0 Å². The highest BCUT2D eigenvalue weighted by Crippen LogP contribution is 2.26. The van der Waals surface area contributed by atoms with E-state index in [2.05, 4.69) is 22.0 Å². The van der Waals surface area contributed by atoms with E-state index in [1.54, 1.807) is 4.90 Å². The van der Waals surface area contributed by atoms with Gasteiger partial charge < -0.3 is 20.0 Å². The average molecular weight is 282 g/mol. The lowest BCUT2D eigenvalue weighted by Gasteiger charge is -2.38. The Morgan fingerprint density at radius 2 is 1.85 bits per heavy atom. The van der Waals surface area contributed by atoms with Crippen LogP contribution in [0.15, 0.2) is 0 Å². The predicted molar refractivity (Wildman–Crippen MR) is 81.8 cm³/mol. The fourth-order valence-corrected chi connectivity index (χ4v) is 3.19. The third-order valence-corrected chi connectivity index (χ3v) is 4.67. The largest absolute Gasteiger partial charge is 0.349 e. The van der Waals surface area contributed by atoms with Crippen LogP contribution in [0, 0.1) is 5.41 Å². The number of nitrogens with one attached hydrogen (secondary N) is 1. The zero-order valence-electron chi connectivity index (χ0n) is 13.3. The molecular weight excluding hydrogens is 252 g/mol. The van der Waals surface area contributed by atoms with Crippen LogP contribution in [-0.4, -0.2) is 87.1 Å². The molecule has 0 aromatic heterocycles. The summed E-state index contributed by atoms with van der Waals surface area (Å²) in [6.07, 6.45) is 1.94. The second-order valence-electron chi connectivity index (χ2n) is 6.89. The van der Waals surface area contributed by atoms with Gasteiger partial charge in [0, 0.05) is 66.3 Å². The first-order valence-corrected chi connectivity index (χ1v) is 7.84. The smallest absolute Gasteiger partial charge is 0.223 e. The molecule has 2 fully saturated rings. The van der Waals surface area contributed by atoms with E-state index in [-0.39, 0.29) is 5.91 Å². The second kappa shape index (κ2) is 6.87. The molecule has 1 N–H and O–H groups in total. The van der Waals surface area contributed by atoms with Crippen molar-refractivity contribution in [3.8, 4) is 0 Å². The molecule has 2 aliphatic heterocycles. The molecule has 5 heteroatoms. The molecule has 2 rings (SSSR count). The topological polar surface area (TPSA) is 38.8 Å². The van der Waals surface area contributed by atoms with Gasteiger partial charge in [-0.25, -0.2) is 0 Å². The molecule has 0 aliphatic carbocycles. The van der Waals surface area contributed by atoms with Crippen molar-refractivity contribution in [3.05, 3.63) is 0 Å². The van der Waals surface area contributed by atoms with E-state index in [4.69, 9.17) is 0 Å². The molecule has 116 valence electrons. The Bertz CT molecular complexity index is 318. The van der Waals surface area contributed by atoms with Gasteiger partial charge in [0.15, 0.2) is 0 Å². The number of rotatable bonds is 5. The second-order valence-corrected chi connectivity index (χ2v) is 6.89. The van der Waals surface area contributed by atoms with Crippen LogP contribution in [0.2, 0.25) is 0 Å². The Balaban J connectivity index is 1.66. The van der Waals surface area contributed by atoms with Gasteiger partial charge in [0.25, 0.3) is 0 Å². The quantitative estimate of drug-likeness (QED) is 0.775. The molecule has 1 amide bonds. The van der Waals surface area contributed by atoms with E-state index in [9.17, 15) is 4.79 Å². The monoisotopic (exact) mass is 282 g/mol. The van der Waals surface area contributed by atoms with Gasteiger partial charge in [0.1, 0.15) is 0 Å². The maximum absolute atomic E-state index is 11.6. The van der Waals surface area contributed by atoms with Crippen molar-refractivity contribution in [1.29, 1.82) is 0 Å². The summed E-state index contributed by atoms with van der Waals surface area (Å²) in [5.41, 5.74) is 0.461. The first kappa shape index (κ1) is 15.7. The highest BCUT2D eigenvalue weighted by atomic mass is 16.2. The van der Waals surface area contributed by atoms with Crippen LogP contribution in [0.5, 0.6) is 0 Å². The first-order chi connectivity index (χ1) is 9.48. The van der Waals surface area contributed by atoms with Gasteiger partial charge in [-0.15, -0.1) is 0 Å². The van der Waals surface area contributed by atoms with Gasteiger partial charge in [-0.2, -0.15) is 0 Å². The first-order valence-electron chi connectivity index (χ1n) is 7.84. The van der Waals surface area contributed by atoms with Gasteiger partial charge in [0.2, 0.25) is 5.91 Å². The normalized spacial score (nSPS) is 28.8. The van der Waals surface area contributed by atoms with Gasteiger partial charge >= 0.3 is 0 Å². The molecule has 0 aromatic carbocycles. The third kappa shape index (κ3) is 4.43. The molecule has 1 atom stereocenters. The van der Waals surface area contributed by atoms with Crippen LogP contribution in [0.3, 0.4) is 0 Å². The molecule has 1 unspecified atom stereocenters. The number of carbonyl (C=O) groups is 1. The van der Waals surface area contributed by atoms with Crippen molar-refractivity contribution in [2.45, 2.75) is 19.8 Å². The Kier molecular flexibility index (Phi) is 5.41. The van der Waals surface area contributed by atoms with Crippen molar-refractivity contribution >= 4 is 5.91 Å². The van der Waals surface area contributed by atoms with Crippen LogP contribution in [0.25, 0.3) is 0 Å². The zero-order chi connectivity index (χ0) is 14.6. The highest BCUT2D eigenvalue weighted by molar-refractivity contribution is 5.75. The van der Waals surface area contributed by atoms with Gasteiger partial charge in [-0.3, -0.25) is 4.79 Å². The van der Waals surface area contributed by atoms with Crippen LogP contribution in [-0.2, 0) is 4.79 Å². The summed E-state index contributed by atoms with van der Waals surface area (Å²) in [6.45, 7) is 11.3. The van der Waals surface area contributed by atoms with Gasteiger partial charge in [0.05, 0.1) is 0 Å². The fourth-order valence-electron chi connectivity index (χ4n) is 3.19. The lowest BCUT2D eigenvalue weighted by atomic mass is 9.89. The number of hydrogen-bond donors (Lipinski definition) is 1. The number of carbonyl (C=O) groups excluding carboxylic acids is 1. The van der Waals surface area contributed by atoms with E-state index in [1.807, 2.05) is 14.1 Å². The van der Waals surface area contributed by atoms with Crippen LogP contribution in [0.4, 0.5) is 0 Å². The van der Waals surface area contributed by atoms with Gasteiger partial charge in [-0.1, -0.05) is 6.92 Å². The summed E-state index contributed by atoms with van der Waals surface area (Å²) in [4.78, 5) is 18.3. The Labute approximate surface area is 123 Å². The molecule has 0 bridgehead atoms. The van der Waals surface area contributed by atoms with Gasteiger partial charge in [-0.05, 0) is 18.4 Å². The van der Waals surface area contributed by atoms with Crippen molar-refractivity contribution in [3.63, 3.8) is 0 Å². The minimum atomic E-state index is 0.233. The summed E-state index contributed by atoms with van der Waals surface area (Å²) in [6, 6.07) is 0. The Hall–Kier alpha value is -0.650. The van der Waals surface area contributed by atoms with E-state index >= 15 is 0 Å². The number of hydrogen-bond acceptors (Lipinski definition) is 4. The molecule has 0 aromatic rings. The van der Waals surface area contributed by atoms with Crippen molar-refractivity contribution < 1.29 is 4.79 Å². The minimum absolute atomic E-state index is 0.233. The molecule has 2 aliphatic rings. The highest BCUT2D eigenvalue weighted by Gasteiger charge is 2.31. The number of amides is 1. The maximum Gasteiger partial charge on any atom is 0.223 e. The zero-order valence-corrected chi connectivity index (χ0v) is 13.3. The van der Waals surface area contributed by atoms with Crippen LogP contribution < -0.4 is 5.32 Å². The molecule has 2 heterocycles. The van der Waals surface area contributed by atoms with E-state index in [1.165, 1.54) is 19.5 Å². The summed E-state index contributed by atoms with van der Waals surface area (Å²) in [5, 5.41) is 3.48. The molecule has 0 spiro atoms. The SMILES string of the molecule is CN(C)C(=O)CCN1CCN(CC2(C)CCNC2)CC1. The molecule has 5 nitrogen and oxygen atoms in total. The van der Waals surface area contributed by atoms with Crippen LogP contribution >= 0.6 is 0 Å². The summed E-state index contributed by atoms with van der Waals surface area (Å²) in [5.74, 6) is 0.233. The summed E-state index contributed by atoms with van der Waals surface area (Å²) >= 11 is 0. The minimum Gasteiger partial charge on any atom is -0.349 e. The van der Waals surface area contributed by atoms with Crippen LogP contribution in [0.1, 0.15) is 19.8 Å². The third-order valence-electron chi connectivity index (χ3n) is 4.67. The fraction of sp³-hybridized carbons (Fsp3) is 0.933. The number of piperazine rings is 1.